The predicted molar refractivity (Wildman–Crippen MR) is 96.7 cm³/mol. The van der Waals surface area contributed by atoms with E-state index in [1.165, 1.54) is 5.56 Å². The van der Waals surface area contributed by atoms with Gasteiger partial charge in [-0.3, -0.25) is 9.88 Å². The minimum absolute atomic E-state index is 0.299. The molecule has 2 aliphatic heterocycles. The highest BCUT2D eigenvalue weighted by Crippen LogP contribution is 2.46. The van der Waals surface area contributed by atoms with Gasteiger partial charge in [0.1, 0.15) is 17.6 Å². The van der Waals surface area contributed by atoms with E-state index in [4.69, 9.17) is 9.47 Å². The number of rotatable bonds is 5. The number of benzene rings is 1. The zero-order valence-corrected chi connectivity index (χ0v) is 14.7. The fraction of sp³-hybridized carbons (Fsp3) is 0.421. The topological polar surface area (TPSA) is 34.6 Å². The van der Waals surface area contributed by atoms with Crippen molar-refractivity contribution >= 4 is 11.8 Å². The maximum Gasteiger partial charge on any atom is 0.138 e. The minimum atomic E-state index is 0.299. The largest absolute Gasteiger partial charge is 0.496 e. The first kappa shape index (κ1) is 15.8. The van der Waals surface area contributed by atoms with Crippen molar-refractivity contribution in [1.82, 2.24) is 9.88 Å². The van der Waals surface area contributed by atoms with E-state index in [1.807, 2.05) is 24.3 Å². The van der Waals surface area contributed by atoms with Gasteiger partial charge in [0.05, 0.1) is 13.3 Å². The number of hydrogen-bond donors (Lipinski definition) is 0. The van der Waals surface area contributed by atoms with Crippen LogP contribution in [0, 0.1) is 0 Å². The third-order valence-corrected chi connectivity index (χ3v) is 6.30. The first-order chi connectivity index (χ1) is 11.8. The number of pyridine rings is 1. The van der Waals surface area contributed by atoms with Crippen LogP contribution in [0.3, 0.4) is 0 Å². The van der Waals surface area contributed by atoms with Crippen molar-refractivity contribution in [3.63, 3.8) is 0 Å². The molecule has 0 radical (unpaired) electrons. The average molecular weight is 342 g/mol. The van der Waals surface area contributed by atoms with E-state index in [0.717, 1.165) is 43.3 Å². The van der Waals surface area contributed by atoms with Crippen molar-refractivity contribution in [1.29, 1.82) is 0 Å². The van der Waals surface area contributed by atoms with E-state index in [9.17, 15) is 0 Å². The molecular weight excluding hydrogens is 320 g/mol. The van der Waals surface area contributed by atoms with Crippen molar-refractivity contribution in [2.45, 2.75) is 23.8 Å². The van der Waals surface area contributed by atoms with Crippen LogP contribution >= 0.6 is 11.8 Å². The van der Waals surface area contributed by atoms with Crippen LogP contribution in [0.15, 0.2) is 48.8 Å². The van der Waals surface area contributed by atoms with Gasteiger partial charge in [-0.25, -0.2) is 0 Å². The summed E-state index contributed by atoms with van der Waals surface area (Å²) < 4.78 is 11.9. The summed E-state index contributed by atoms with van der Waals surface area (Å²) in [4.78, 5) is 6.62. The first-order valence-corrected chi connectivity index (χ1v) is 9.30. The Morgan fingerprint density at radius 3 is 2.92 bits per heavy atom. The molecule has 0 N–H and O–H groups in total. The van der Waals surface area contributed by atoms with Gasteiger partial charge in [-0.1, -0.05) is 18.2 Å². The Balaban J connectivity index is 1.31. The molecule has 1 atom stereocenters. The zero-order chi connectivity index (χ0) is 16.4. The Hall–Kier alpha value is -1.72. The molecule has 0 amide bonds. The molecule has 126 valence electrons. The van der Waals surface area contributed by atoms with Crippen molar-refractivity contribution in [2.24, 2.45) is 0 Å². The molecule has 2 saturated heterocycles. The van der Waals surface area contributed by atoms with E-state index >= 15 is 0 Å². The van der Waals surface area contributed by atoms with Gasteiger partial charge in [0, 0.05) is 48.3 Å². The van der Waals surface area contributed by atoms with Gasteiger partial charge in [0.25, 0.3) is 0 Å². The number of thioether (sulfide) groups is 1. The van der Waals surface area contributed by atoms with Gasteiger partial charge in [0.15, 0.2) is 0 Å². The van der Waals surface area contributed by atoms with Crippen LogP contribution in [-0.2, 0) is 6.54 Å². The van der Waals surface area contributed by atoms with Crippen LogP contribution in [0.25, 0.3) is 0 Å². The average Bonchev–Trinajstić information content (AvgIpc) is 3.00. The fourth-order valence-corrected chi connectivity index (χ4v) is 5.24. The van der Waals surface area contributed by atoms with Crippen molar-refractivity contribution < 1.29 is 9.47 Å². The quantitative estimate of drug-likeness (QED) is 0.833. The Kier molecular flexibility index (Phi) is 4.37. The lowest BCUT2D eigenvalue weighted by Crippen LogP contribution is -2.58. The maximum atomic E-state index is 6.07. The lowest BCUT2D eigenvalue weighted by molar-refractivity contribution is 0.0912. The second kappa shape index (κ2) is 6.65. The van der Waals surface area contributed by atoms with E-state index in [2.05, 4.69) is 33.8 Å². The molecule has 4 nitrogen and oxygen atoms in total. The van der Waals surface area contributed by atoms with E-state index in [0.29, 0.717) is 10.9 Å². The van der Waals surface area contributed by atoms with E-state index in [1.54, 1.807) is 19.5 Å². The third kappa shape index (κ3) is 3.23. The lowest BCUT2D eigenvalue weighted by Gasteiger charge is -2.47. The van der Waals surface area contributed by atoms with Crippen LogP contribution in [-0.4, -0.2) is 46.7 Å². The Bertz CT molecular complexity index is 689. The number of ether oxygens (including phenoxy) is 2. The maximum absolute atomic E-state index is 6.07. The summed E-state index contributed by atoms with van der Waals surface area (Å²) in [5.74, 6) is 2.93. The molecular formula is C19H22N2O2S. The molecule has 2 aromatic rings. The summed E-state index contributed by atoms with van der Waals surface area (Å²) in [5, 5.41) is 0. The molecule has 2 aliphatic rings. The Morgan fingerprint density at radius 2 is 2.12 bits per heavy atom. The molecule has 0 saturated carbocycles. The fourth-order valence-electron chi connectivity index (χ4n) is 3.66. The van der Waals surface area contributed by atoms with Gasteiger partial charge >= 0.3 is 0 Å². The van der Waals surface area contributed by atoms with Gasteiger partial charge in [-0.2, -0.15) is 0 Å². The van der Waals surface area contributed by atoms with E-state index in [-0.39, 0.29) is 0 Å². The van der Waals surface area contributed by atoms with Crippen molar-refractivity contribution in [3.8, 4) is 11.5 Å². The van der Waals surface area contributed by atoms with Crippen molar-refractivity contribution in [3.05, 3.63) is 54.4 Å². The van der Waals surface area contributed by atoms with E-state index < -0.39 is 0 Å². The molecule has 0 aliphatic carbocycles. The highest BCUT2D eigenvalue weighted by molar-refractivity contribution is 8.01. The van der Waals surface area contributed by atoms with Crippen LogP contribution in [0.4, 0.5) is 0 Å². The predicted octanol–water partition coefficient (Wildman–Crippen LogP) is 3.23. The molecule has 2 fully saturated rings. The Morgan fingerprint density at radius 1 is 1.25 bits per heavy atom. The highest BCUT2D eigenvalue weighted by Gasteiger charge is 2.49. The smallest absolute Gasteiger partial charge is 0.138 e. The molecule has 4 rings (SSSR count). The minimum Gasteiger partial charge on any atom is -0.496 e. The third-order valence-electron chi connectivity index (χ3n) is 4.72. The number of likely N-dealkylation sites (tertiary alicyclic amines) is 1. The lowest BCUT2D eigenvalue weighted by atomic mass is 9.92. The molecule has 24 heavy (non-hydrogen) atoms. The molecule has 0 bridgehead atoms. The van der Waals surface area contributed by atoms with Crippen LogP contribution in [0.1, 0.15) is 12.0 Å². The molecule has 1 aromatic heterocycles. The van der Waals surface area contributed by atoms with Crippen molar-refractivity contribution in [2.75, 3.05) is 26.0 Å². The number of hydrogen-bond acceptors (Lipinski definition) is 5. The summed E-state index contributed by atoms with van der Waals surface area (Å²) in [6, 6.07) is 12.2. The standard InChI is InChI=1S/C19H22N2O2S/c1-22-18-7-3-2-5-15(18)11-21-13-19(14-21)9-17(12-24-19)23-16-6-4-8-20-10-16/h2-8,10,17H,9,11-14H2,1H3/t17-/m1/s1. The van der Waals surface area contributed by atoms with Crippen LogP contribution in [0.5, 0.6) is 11.5 Å². The summed E-state index contributed by atoms with van der Waals surface area (Å²) in [6.07, 6.45) is 4.99. The highest BCUT2D eigenvalue weighted by atomic mass is 32.2. The number of para-hydroxylation sites is 1. The summed E-state index contributed by atoms with van der Waals surface area (Å²) >= 11 is 2.06. The number of methoxy groups -OCH3 is 1. The zero-order valence-electron chi connectivity index (χ0n) is 13.9. The molecule has 1 aromatic carbocycles. The summed E-state index contributed by atoms with van der Waals surface area (Å²) in [6.45, 7) is 3.21. The molecule has 0 unspecified atom stereocenters. The normalized spacial score (nSPS) is 22.3. The second-order valence-electron chi connectivity index (χ2n) is 6.58. The van der Waals surface area contributed by atoms with Crippen LogP contribution in [0.2, 0.25) is 0 Å². The SMILES string of the molecule is COc1ccccc1CN1CC2(C[C@@H](Oc3cccnc3)CS2)C1. The first-order valence-electron chi connectivity index (χ1n) is 8.31. The molecule has 3 heterocycles. The number of nitrogens with zero attached hydrogens (tertiary/aromatic N) is 2. The monoisotopic (exact) mass is 342 g/mol. The molecule has 5 heteroatoms. The van der Waals surface area contributed by atoms with Gasteiger partial charge < -0.3 is 9.47 Å². The van der Waals surface area contributed by atoms with Gasteiger partial charge in [-0.05, 0) is 18.2 Å². The Labute approximate surface area is 147 Å². The van der Waals surface area contributed by atoms with Gasteiger partial charge in [0.2, 0.25) is 0 Å². The molecule has 1 spiro atoms. The summed E-state index contributed by atoms with van der Waals surface area (Å²) in [5.41, 5.74) is 1.26. The van der Waals surface area contributed by atoms with Gasteiger partial charge in [-0.15, -0.1) is 11.8 Å². The summed E-state index contributed by atoms with van der Waals surface area (Å²) in [7, 11) is 1.74. The van der Waals surface area contributed by atoms with Crippen LogP contribution < -0.4 is 9.47 Å². The second-order valence-corrected chi connectivity index (χ2v) is 8.07. The number of aromatic nitrogens is 1.